The first kappa shape index (κ1) is 14.2. The fourth-order valence-electron chi connectivity index (χ4n) is 2.00. The first-order chi connectivity index (χ1) is 9.33. The zero-order valence-corrected chi connectivity index (χ0v) is 11.8. The molecule has 102 valence electrons. The van der Waals surface area contributed by atoms with Crippen molar-refractivity contribution < 1.29 is 12.4 Å². The number of halogens is 1. The van der Waals surface area contributed by atoms with Crippen molar-refractivity contribution in [2.45, 2.75) is 13.5 Å². The van der Waals surface area contributed by atoms with Crippen molar-refractivity contribution in [3.8, 4) is 0 Å². The van der Waals surface area contributed by atoms with Crippen LogP contribution in [-0.2, 0) is 6.54 Å². The second-order valence-corrected chi connectivity index (χ2v) is 4.31. The van der Waals surface area contributed by atoms with Gasteiger partial charge in [0.05, 0.1) is 17.8 Å². The highest BCUT2D eigenvalue weighted by molar-refractivity contribution is 5.88. The Kier molecular flexibility index (Phi) is 4.48. The Morgan fingerprint density at radius 2 is 1.80 bits per heavy atom. The van der Waals surface area contributed by atoms with E-state index in [-0.39, 0.29) is 12.4 Å². The summed E-state index contributed by atoms with van der Waals surface area (Å²) in [6, 6.07) is 13.9. The van der Waals surface area contributed by atoms with Crippen LogP contribution in [0.1, 0.15) is 11.5 Å². The maximum absolute atomic E-state index is 4.47. The molecule has 3 rings (SSSR count). The first-order valence-electron chi connectivity index (χ1n) is 6.20. The van der Waals surface area contributed by atoms with Crippen molar-refractivity contribution in [1.82, 2.24) is 15.0 Å². The van der Waals surface area contributed by atoms with Crippen LogP contribution in [0.2, 0.25) is 0 Å². The number of hydrogen-bond acceptors (Lipinski definition) is 4. The molecule has 3 aromatic rings. The van der Waals surface area contributed by atoms with Gasteiger partial charge < -0.3 is 17.7 Å². The van der Waals surface area contributed by atoms with E-state index in [1.807, 2.05) is 49.4 Å². The molecule has 0 saturated heterocycles. The van der Waals surface area contributed by atoms with E-state index in [9.17, 15) is 0 Å². The highest BCUT2D eigenvalue weighted by Crippen LogP contribution is 2.20. The molecule has 0 spiro atoms. The fraction of sp³-hybridized carbons (Fsp3) is 0.133. The third kappa shape index (κ3) is 3.03. The number of rotatable bonds is 3. The minimum Gasteiger partial charge on any atom is -1.00 e. The smallest absolute Gasteiger partial charge is 0.137 e. The number of hydrogen-bond donors (Lipinski definition) is 1. The molecule has 0 bridgehead atoms. The SMILES string of the molecule is Cc1nc(NCc2ccccn2)c2ccccc2n1.[Cl-]. The lowest BCUT2D eigenvalue weighted by molar-refractivity contribution is -0.00000413. The molecule has 0 radical (unpaired) electrons. The van der Waals surface area contributed by atoms with Crippen molar-refractivity contribution in [2.24, 2.45) is 0 Å². The standard InChI is InChI=1S/C15H14N4.ClH/c1-11-18-14-8-3-2-7-13(14)15(19-11)17-10-12-6-4-5-9-16-12;/h2-9H,10H2,1H3,(H,17,18,19);1H/p-1. The number of anilines is 1. The zero-order chi connectivity index (χ0) is 13.1. The van der Waals surface area contributed by atoms with Crippen LogP contribution in [0, 0.1) is 6.92 Å². The van der Waals surface area contributed by atoms with Crippen molar-refractivity contribution >= 4 is 16.7 Å². The lowest BCUT2D eigenvalue weighted by Crippen LogP contribution is -3.00. The molecule has 0 aliphatic carbocycles. The van der Waals surface area contributed by atoms with Gasteiger partial charge in [-0.3, -0.25) is 4.98 Å². The van der Waals surface area contributed by atoms with Crippen molar-refractivity contribution in [2.75, 3.05) is 5.32 Å². The average molecular weight is 286 g/mol. The van der Waals surface area contributed by atoms with Crippen LogP contribution in [0.3, 0.4) is 0 Å². The van der Waals surface area contributed by atoms with Crippen LogP contribution in [0.5, 0.6) is 0 Å². The van der Waals surface area contributed by atoms with Gasteiger partial charge in [-0.25, -0.2) is 9.97 Å². The fourth-order valence-corrected chi connectivity index (χ4v) is 2.00. The lowest BCUT2D eigenvalue weighted by atomic mass is 10.2. The maximum atomic E-state index is 4.47. The molecule has 4 nitrogen and oxygen atoms in total. The molecule has 1 aromatic carbocycles. The second-order valence-electron chi connectivity index (χ2n) is 4.31. The molecule has 5 heteroatoms. The summed E-state index contributed by atoms with van der Waals surface area (Å²) in [7, 11) is 0. The maximum Gasteiger partial charge on any atom is 0.137 e. The molecule has 0 aliphatic rings. The highest BCUT2D eigenvalue weighted by Gasteiger charge is 2.04. The van der Waals surface area contributed by atoms with Gasteiger partial charge in [0.1, 0.15) is 11.6 Å². The summed E-state index contributed by atoms with van der Waals surface area (Å²) in [5, 5.41) is 4.36. The van der Waals surface area contributed by atoms with Gasteiger partial charge in [0, 0.05) is 11.6 Å². The van der Waals surface area contributed by atoms with Crippen molar-refractivity contribution in [3.05, 3.63) is 60.2 Å². The van der Waals surface area contributed by atoms with Crippen LogP contribution < -0.4 is 17.7 Å². The van der Waals surface area contributed by atoms with E-state index in [1.165, 1.54) is 0 Å². The van der Waals surface area contributed by atoms with E-state index in [0.717, 1.165) is 28.2 Å². The largest absolute Gasteiger partial charge is 1.00 e. The number of fused-ring (bicyclic) bond motifs is 1. The predicted molar refractivity (Wildman–Crippen MR) is 75.8 cm³/mol. The Morgan fingerprint density at radius 3 is 2.60 bits per heavy atom. The van der Waals surface area contributed by atoms with Gasteiger partial charge in [0.25, 0.3) is 0 Å². The van der Waals surface area contributed by atoms with Gasteiger partial charge in [-0.05, 0) is 31.2 Å². The van der Waals surface area contributed by atoms with Crippen molar-refractivity contribution in [1.29, 1.82) is 0 Å². The second kappa shape index (κ2) is 6.30. The Labute approximate surface area is 123 Å². The molecular weight excluding hydrogens is 272 g/mol. The molecule has 0 amide bonds. The molecule has 2 aromatic heterocycles. The summed E-state index contributed by atoms with van der Waals surface area (Å²) in [6.45, 7) is 2.56. The minimum atomic E-state index is 0. The van der Waals surface area contributed by atoms with Gasteiger partial charge in [0.15, 0.2) is 0 Å². The minimum absolute atomic E-state index is 0. The monoisotopic (exact) mass is 285 g/mol. The lowest BCUT2D eigenvalue weighted by Gasteiger charge is -2.09. The number of pyridine rings is 1. The summed E-state index contributed by atoms with van der Waals surface area (Å²) < 4.78 is 0. The number of benzene rings is 1. The molecule has 0 fully saturated rings. The number of aromatic nitrogens is 3. The number of para-hydroxylation sites is 1. The zero-order valence-electron chi connectivity index (χ0n) is 11.0. The summed E-state index contributed by atoms with van der Waals surface area (Å²) in [5.74, 6) is 1.62. The van der Waals surface area contributed by atoms with E-state index < -0.39 is 0 Å². The summed E-state index contributed by atoms with van der Waals surface area (Å²) >= 11 is 0. The normalized spacial score (nSPS) is 10.1. The van der Waals surface area contributed by atoms with Gasteiger partial charge in [-0.1, -0.05) is 18.2 Å². The Morgan fingerprint density at radius 1 is 1.00 bits per heavy atom. The number of nitrogens with zero attached hydrogens (tertiary/aromatic N) is 3. The van der Waals surface area contributed by atoms with Crippen LogP contribution in [0.4, 0.5) is 5.82 Å². The van der Waals surface area contributed by atoms with Gasteiger partial charge in [-0.2, -0.15) is 0 Å². The molecule has 0 unspecified atom stereocenters. The molecule has 0 saturated carbocycles. The Bertz CT molecular complexity index is 701. The first-order valence-corrected chi connectivity index (χ1v) is 6.20. The molecule has 0 atom stereocenters. The van der Waals surface area contributed by atoms with Gasteiger partial charge >= 0.3 is 0 Å². The topological polar surface area (TPSA) is 50.7 Å². The van der Waals surface area contributed by atoms with Crippen molar-refractivity contribution in [3.63, 3.8) is 0 Å². The molecule has 2 heterocycles. The Hall–Kier alpha value is -2.20. The summed E-state index contributed by atoms with van der Waals surface area (Å²) in [6.07, 6.45) is 1.79. The van der Waals surface area contributed by atoms with E-state index in [0.29, 0.717) is 6.54 Å². The van der Waals surface area contributed by atoms with Crippen LogP contribution in [-0.4, -0.2) is 15.0 Å². The molecular formula is C15H14ClN4-. The van der Waals surface area contributed by atoms with Gasteiger partial charge in [0.2, 0.25) is 0 Å². The third-order valence-corrected chi connectivity index (χ3v) is 2.88. The van der Waals surface area contributed by atoms with Crippen LogP contribution >= 0.6 is 0 Å². The van der Waals surface area contributed by atoms with Crippen LogP contribution in [0.15, 0.2) is 48.7 Å². The quantitative estimate of drug-likeness (QED) is 0.733. The van der Waals surface area contributed by atoms with Gasteiger partial charge in [-0.15, -0.1) is 0 Å². The van der Waals surface area contributed by atoms with E-state index in [4.69, 9.17) is 0 Å². The predicted octanol–water partition coefficient (Wildman–Crippen LogP) is -0.0507. The average Bonchev–Trinajstić information content (AvgIpc) is 2.45. The Balaban J connectivity index is 0.00000147. The van der Waals surface area contributed by atoms with E-state index in [2.05, 4.69) is 20.3 Å². The summed E-state index contributed by atoms with van der Waals surface area (Å²) in [4.78, 5) is 13.2. The molecule has 0 aliphatic heterocycles. The molecule has 1 N–H and O–H groups in total. The van der Waals surface area contributed by atoms with E-state index >= 15 is 0 Å². The molecule has 20 heavy (non-hydrogen) atoms. The highest BCUT2D eigenvalue weighted by atomic mass is 35.5. The number of aryl methyl sites for hydroxylation is 1. The number of nitrogens with one attached hydrogen (secondary N) is 1. The summed E-state index contributed by atoms with van der Waals surface area (Å²) in [5.41, 5.74) is 1.95. The third-order valence-electron chi connectivity index (χ3n) is 2.88. The van der Waals surface area contributed by atoms with E-state index in [1.54, 1.807) is 6.20 Å². The van der Waals surface area contributed by atoms with Crippen LogP contribution in [0.25, 0.3) is 10.9 Å².